The maximum absolute atomic E-state index is 11.4. The van der Waals surface area contributed by atoms with Crippen molar-refractivity contribution in [2.24, 2.45) is 5.92 Å². The third-order valence-electron chi connectivity index (χ3n) is 3.58. The summed E-state index contributed by atoms with van der Waals surface area (Å²) in [4.78, 5) is 22.0. The van der Waals surface area contributed by atoms with Crippen LogP contribution < -0.4 is 10.6 Å². The van der Waals surface area contributed by atoms with Gasteiger partial charge >= 0.3 is 0 Å². The molecular formula is C14H19N3O4. The number of nitrogens with one attached hydrogen (secondary N) is 2. The fourth-order valence-electron chi connectivity index (χ4n) is 2.16. The van der Waals surface area contributed by atoms with Gasteiger partial charge in [0.2, 0.25) is 5.91 Å². The summed E-state index contributed by atoms with van der Waals surface area (Å²) >= 11 is 0. The Bertz CT molecular complexity index is 572. The number of fused-ring (bicyclic) bond motifs is 1. The first-order valence-corrected chi connectivity index (χ1v) is 6.91. The van der Waals surface area contributed by atoms with E-state index in [1.807, 2.05) is 13.8 Å². The van der Waals surface area contributed by atoms with Crippen molar-refractivity contribution >= 4 is 23.0 Å². The van der Waals surface area contributed by atoms with Crippen LogP contribution in [0.4, 0.5) is 17.1 Å². The predicted octanol–water partition coefficient (Wildman–Crippen LogP) is 1.91. The van der Waals surface area contributed by atoms with E-state index < -0.39 is 11.0 Å². The number of aryl methyl sites for hydroxylation is 1. The Balaban J connectivity index is 2.27. The number of rotatable bonds is 5. The zero-order valence-electron chi connectivity index (χ0n) is 12.0. The van der Waals surface area contributed by atoms with Crippen molar-refractivity contribution in [1.82, 2.24) is 0 Å². The summed E-state index contributed by atoms with van der Waals surface area (Å²) in [6.45, 7) is 4.00. The van der Waals surface area contributed by atoms with Gasteiger partial charge in [-0.15, -0.1) is 0 Å². The molecule has 21 heavy (non-hydrogen) atoms. The standard InChI is InChI=1S/C14H19N3O4/c1-8(2)13(18)7-15-11-5-9-3-4-14(19)16-10(9)6-12(11)17(20)21/h5-6,8,13,15,18H,3-4,7H2,1-2H3,(H,16,19). The highest BCUT2D eigenvalue weighted by atomic mass is 16.6. The Kier molecular flexibility index (Phi) is 4.42. The minimum atomic E-state index is -0.583. The molecule has 0 aromatic heterocycles. The summed E-state index contributed by atoms with van der Waals surface area (Å²) in [5, 5.41) is 26.5. The molecule has 0 bridgehead atoms. The highest BCUT2D eigenvalue weighted by molar-refractivity contribution is 5.95. The average molecular weight is 293 g/mol. The Morgan fingerprint density at radius 1 is 1.43 bits per heavy atom. The number of benzene rings is 1. The molecule has 0 spiro atoms. The van der Waals surface area contributed by atoms with Crippen LogP contribution in [0.2, 0.25) is 0 Å². The van der Waals surface area contributed by atoms with E-state index in [1.54, 1.807) is 6.07 Å². The molecule has 1 aromatic carbocycles. The molecule has 0 fully saturated rings. The molecule has 1 unspecified atom stereocenters. The van der Waals surface area contributed by atoms with Gasteiger partial charge in [0.05, 0.1) is 16.7 Å². The molecule has 114 valence electrons. The maximum atomic E-state index is 11.4. The lowest BCUT2D eigenvalue weighted by Crippen LogP contribution is -2.25. The van der Waals surface area contributed by atoms with Crippen LogP contribution in [-0.2, 0) is 11.2 Å². The van der Waals surface area contributed by atoms with E-state index >= 15 is 0 Å². The van der Waals surface area contributed by atoms with E-state index in [4.69, 9.17) is 0 Å². The van der Waals surface area contributed by atoms with Crippen molar-refractivity contribution in [3.8, 4) is 0 Å². The molecule has 0 aliphatic carbocycles. The average Bonchev–Trinajstić information content (AvgIpc) is 2.43. The van der Waals surface area contributed by atoms with Gasteiger partial charge in [0.15, 0.2) is 0 Å². The number of hydrogen-bond donors (Lipinski definition) is 3. The molecule has 3 N–H and O–H groups in total. The van der Waals surface area contributed by atoms with Crippen LogP contribution in [0, 0.1) is 16.0 Å². The number of hydrogen-bond acceptors (Lipinski definition) is 5. The van der Waals surface area contributed by atoms with E-state index in [2.05, 4.69) is 10.6 Å². The van der Waals surface area contributed by atoms with Gasteiger partial charge in [-0.1, -0.05) is 13.8 Å². The van der Waals surface area contributed by atoms with Crippen molar-refractivity contribution in [3.63, 3.8) is 0 Å². The summed E-state index contributed by atoms with van der Waals surface area (Å²) in [6.07, 6.45) is 0.347. The SMILES string of the molecule is CC(C)C(O)CNc1cc2c(cc1[N+](=O)[O-])NC(=O)CC2. The zero-order valence-corrected chi connectivity index (χ0v) is 12.0. The smallest absolute Gasteiger partial charge is 0.294 e. The van der Waals surface area contributed by atoms with Crippen LogP contribution in [0.1, 0.15) is 25.8 Å². The molecule has 2 rings (SSSR count). The summed E-state index contributed by atoms with van der Waals surface area (Å²) in [7, 11) is 0. The summed E-state index contributed by atoms with van der Waals surface area (Å²) in [5.41, 5.74) is 1.62. The monoisotopic (exact) mass is 293 g/mol. The van der Waals surface area contributed by atoms with Crippen molar-refractivity contribution in [2.45, 2.75) is 32.8 Å². The van der Waals surface area contributed by atoms with E-state index in [1.165, 1.54) is 6.07 Å². The minimum absolute atomic E-state index is 0.0634. The number of aliphatic hydroxyl groups is 1. The molecule has 0 radical (unpaired) electrons. The van der Waals surface area contributed by atoms with E-state index in [0.717, 1.165) is 5.56 Å². The lowest BCUT2D eigenvalue weighted by Gasteiger charge is -2.20. The van der Waals surface area contributed by atoms with E-state index in [9.17, 15) is 20.0 Å². The van der Waals surface area contributed by atoms with Crippen LogP contribution >= 0.6 is 0 Å². The number of nitro benzene ring substituents is 1. The van der Waals surface area contributed by atoms with Gasteiger partial charge < -0.3 is 15.7 Å². The lowest BCUT2D eigenvalue weighted by atomic mass is 10.0. The fourth-order valence-corrected chi connectivity index (χ4v) is 2.16. The highest BCUT2D eigenvalue weighted by Gasteiger charge is 2.23. The molecule has 0 saturated heterocycles. The third kappa shape index (κ3) is 3.49. The summed E-state index contributed by atoms with van der Waals surface area (Å²) in [5.74, 6) is -0.0683. The molecule has 1 aliphatic heterocycles. The number of nitrogens with zero attached hydrogens (tertiary/aromatic N) is 1. The first-order valence-electron chi connectivity index (χ1n) is 6.91. The molecule has 7 heteroatoms. The van der Waals surface area contributed by atoms with Crippen LogP contribution in [-0.4, -0.2) is 28.6 Å². The van der Waals surface area contributed by atoms with Crippen LogP contribution in [0.25, 0.3) is 0 Å². The molecule has 1 aromatic rings. The summed E-state index contributed by atoms with van der Waals surface area (Å²) < 4.78 is 0. The second-order valence-electron chi connectivity index (χ2n) is 5.52. The van der Waals surface area contributed by atoms with Crippen LogP contribution in [0.3, 0.4) is 0 Å². The van der Waals surface area contributed by atoms with Gasteiger partial charge in [-0.3, -0.25) is 14.9 Å². The molecule has 1 atom stereocenters. The first-order chi connectivity index (χ1) is 9.88. The van der Waals surface area contributed by atoms with Gasteiger partial charge in [-0.05, 0) is 24.0 Å². The zero-order chi connectivity index (χ0) is 15.6. The number of anilines is 2. The van der Waals surface area contributed by atoms with Crippen molar-refractivity contribution in [3.05, 3.63) is 27.8 Å². The molecule has 1 amide bonds. The Morgan fingerprint density at radius 2 is 2.14 bits per heavy atom. The Morgan fingerprint density at radius 3 is 2.76 bits per heavy atom. The van der Waals surface area contributed by atoms with Crippen LogP contribution in [0.15, 0.2) is 12.1 Å². The van der Waals surface area contributed by atoms with Gasteiger partial charge in [0, 0.05) is 19.0 Å². The summed E-state index contributed by atoms with van der Waals surface area (Å²) in [6, 6.07) is 3.05. The largest absolute Gasteiger partial charge is 0.391 e. The predicted molar refractivity (Wildman–Crippen MR) is 79.4 cm³/mol. The molecule has 7 nitrogen and oxygen atoms in total. The number of amides is 1. The Hall–Kier alpha value is -2.15. The third-order valence-corrected chi connectivity index (χ3v) is 3.58. The second-order valence-corrected chi connectivity index (χ2v) is 5.52. The number of nitro groups is 1. The topological polar surface area (TPSA) is 104 Å². The molecular weight excluding hydrogens is 274 g/mol. The number of carbonyl (C=O) groups excluding carboxylic acids is 1. The lowest BCUT2D eigenvalue weighted by molar-refractivity contribution is -0.383. The fraction of sp³-hybridized carbons (Fsp3) is 0.500. The van der Waals surface area contributed by atoms with Crippen molar-refractivity contribution in [2.75, 3.05) is 17.2 Å². The normalized spacial score (nSPS) is 15.3. The quantitative estimate of drug-likeness (QED) is 0.568. The maximum Gasteiger partial charge on any atom is 0.294 e. The molecule has 1 heterocycles. The molecule has 1 aliphatic rings. The van der Waals surface area contributed by atoms with Gasteiger partial charge in [0.1, 0.15) is 5.69 Å². The van der Waals surface area contributed by atoms with Gasteiger partial charge in [0.25, 0.3) is 5.69 Å². The number of carbonyl (C=O) groups is 1. The highest BCUT2D eigenvalue weighted by Crippen LogP contribution is 2.34. The van der Waals surface area contributed by atoms with Gasteiger partial charge in [-0.25, -0.2) is 0 Å². The van der Waals surface area contributed by atoms with Gasteiger partial charge in [-0.2, -0.15) is 0 Å². The van der Waals surface area contributed by atoms with E-state index in [-0.39, 0.29) is 24.1 Å². The molecule has 0 saturated carbocycles. The van der Waals surface area contributed by atoms with Crippen LogP contribution in [0.5, 0.6) is 0 Å². The van der Waals surface area contributed by atoms with Crippen molar-refractivity contribution < 1.29 is 14.8 Å². The van der Waals surface area contributed by atoms with Crippen molar-refractivity contribution in [1.29, 1.82) is 0 Å². The number of aliphatic hydroxyl groups excluding tert-OH is 1. The minimum Gasteiger partial charge on any atom is -0.391 e. The second kappa shape index (κ2) is 6.09. The van der Waals surface area contributed by atoms with E-state index in [0.29, 0.717) is 24.2 Å². The first kappa shape index (κ1) is 15.2. The Labute approximate surface area is 122 Å².